The predicted octanol–water partition coefficient (Wildman–Crippen LogP) is 4.52. The van der Waals surface area contributed by atoms with Crippen molar-refractivity contribution >= 4 is 72.5 Å². The van der Waals surface area contributed by atoms with Gasteiger partial charge in [0.1, 0.15) is 5.58 Å². The molecule has 2 aromatic heterocycles. The number of rotatable bonds is 4. The number of nitrogens with one attached hydrogen (secondary N) is 3. The van der Waals surface area contributed by atoms with Crippen LogP contribution >= 0.6 is 23.6 Å². The van der Waals surface area contributed by atoms with Gasteiger partial charge in [0.15, 0.2) is 16.0 Å². The molecule has 146 valence electrons. The largest absolute Gasteiger partial charge is 0.451 e. The Balaban J connectivity index is 1.43. The lowest BCUT2D eigenvalue weighted by Crippen LogP contribution is -2.33. The quantitative estimate of drug-likeness (QED) is 0.417. The third-order valence-corrected chi connectivity index (χ3v) is 5.23. The Kier molecular flexibility index (Phi) is 5.24. The number of para-hydroxylation sites is 1. The highest BCUT2D eigenvalue weighted by molar-refractivity contribution is 7.80. The second-order valence-electron chi connectivity index (χ2n) is 6.16. The number of carbonyl (C=O) groups is 2. The second-order valence-corrected chi connectivity index (χ2v) is 7.60. The SMILES string of the molecule is CCC(=O)Nc1nc2ccc(NC(=S)NC(=O)c3cc4ccccc4o3)cc2s1. The zero-order chi connectivity index (χ0) is 20.4. The van der Waals surface area contributed by atoms with Crippen LogP contribution in [0, 0.1) is 0 Å². The van der Waals surface area contributed by atoms with Crippen molar-refractivity contribution in [2.75, 3.05) is 10.6 Å². The van der Waals surface area contributed by atoms with E-state index < -0.39 is 5.91 Å². The molecule has 0 radical (unpaired) electrons. The van der Waals surface area contributed by atoms with Gasteiger partial charge in [0.05, 0.1) is 10.2 Å². The summed E-state index contributed by atoms with van der Waals surface area (Å²) in [6.07, 6.45) is 0.391. The van der Waals surface area contributed by atoms with E-state index in [-0.39, 0.29) is 16.8 Å². The number of nitrogens with zero attached hydrogens (tertiary/aromatic N) is 1. The number of thiocarbonyl (C=S) groups is 1. The number of anilines is 2. The number of hydrogen-bond acceptors (Lipinski definition) is 6. The lowest BCUT2D eigenvalue weighted by Gasteiger charge is -2.08. The van der Waals surface area contributed by atoms with E-state index in [1.165, 1.54) is 11.3 Å². The molecule has 4 rings (SSSR count). The first-order chi connectivity index (χ1) is 14.0. The van der Waals surface area contributed by atoms with Crippen LogP contribution in [0.15, 0.2) is 52.9 Å². The molecule has 29 heavy (non-hydrogen) atoms. The smallest absolute Gasteiger partial charge is 0.293 e. The molecule has 0 saturated carbocycles. The van der Waals surface area contributed by atoms with Gasteiger partial charge in [0, 0.05) is 17.5 Å². The average molecular weight is 425 g/mol. The number of benzene rings is 2. The summed E-state index contributed by atoms with van der Waals surface area (Å²) >= 11 is 6.61. The standard InChI is InChI=1S/C20H16N4O3S2/c1-2-17(25)23-20-22-13-8-7-12(10-16(13)29-20)21-19(28)24-18(26)15-9-11-5-3-4-6-14(11)27-15/h3-10H,2H2,1H3,(H,22,23,25)(H2,21,24,26,28). The molecule has 0 saturated heterocycles. The van der Waals surface area contributed by atoms with Crippen LogP contribution in [0.3, 0.4) is 0 Å². The van der Waals surface area contributed by atoms with Gasteiger partial charge in [-0.25, -0.2) is 4.98 Å². The van der Waals surface area contributed by atoms with E-state index in [4.69, 9.17) is 16.6 Å². The van der Waals surface area contributed by atoms with Crippen LogP contribution in [0.4, 0.5) is 10.8 Å². The molecule has 0 unspecified atom stereocenters. The Hall–Kier alpha value is -3.30. The molecule has 0 aliphatic carbocycles. The second kappa shape index (κ2) is 7.98. The van der Waals surface area contributed by atoms with E-state index >= 15 is 0 Å². The van der Waals surface area contributed by atoms with Gasteiger partial charge in [0.2, 0.25) is 5.91 Å². The zero-order valence-electron chi connectivity index (χ0n) is 15.3. The number of hydrogen-bond donors (Lipinski definition) is 3. The van der Waals surface area contributed by atoms with E-state index in [9.17, 15) is 9.59 Å². The molecule has 0 bridgehead atoms. The van der Waals surface area contributed by atoms with Crippen molar-refractivity contribution in [3.05, 3.63) is 54.3 Å². The minimum atomic E-state index is -0.429. The number of carbonyl (C=O) groups excluding carboxylic acids is 2. The maximum atomic E-state index is 12.4. The first-order valence-corrected chi connectivity index (χ1v) is 10.1. The Morgan fingerprint density at radius 2 is 1.97 bits per heavy atom. The Morgan fingerprint density at radius 1 is 1.14 bits per heavy atom. The van der Waals surface area contributed by atoms with Gasteiger partial charge in [0.25, 0.3) is 5.91 Å². The maximum absolute atomic E-state index is 12.4. The van der Waals surface area contributed by atoms with E-state index in [1.807, 2.05) is 30.3 Å². The molecule has 7 nitrogen and oxygen atoms in total. The van der Waals surface area contributed by atoms with Gasteiger partial charge >= 0.3 is 0 Å². The molecule has 0 spiro atoms. The Labute approximate surface area is 175 Å². The van der Waals surface area contributed by atoms with Crippen molar-refractivity contribution in [1.29, 1.82) is 0 Å². The minimum absolute atomic E-state index is 0.0862. The molecule has 9 heteroatoms. The van der Waals surface area contributed by atoms with E-state index in [0.717, 1.165) is 15.6 Å². The molecule has 3 N–H and O–H groups in total. The third kappa shape index (κ3) is 4.25. The third-order valence-electron chi connectivity index (χ3n) is 4.09. The van der Waals surface area contributed by atoms with Gasteiger partial charge < -0.3 is 15.1 Å². The van der Waals surface area contributed by atoms with Crippen LogP contribution in [0.25, 0.3) is 21.2 Å². The molecule has 2 amide bonds. The van der Waals surface area contributed by atoms with Crippen LogP contribution in [0.2, 0.25) is 0 Å². The zero-order valence-corrected chi connectivity index (χ0v) is 16.9. The molecule has 0 aliphatic rings. The summed E-state index contributed by atoms with van der Waals surface area (Å²) in [6, 6.07) is 14.5. The first-order valence-electron chi connectivity index (χ1n) is 8.83. The number of amides is 2. The van der Waals surface area contributed by atoms with Crippen LogP contribution < -0.4 is 16.0 Å². The van der Waals surface area contributed by atoms with Gasteiger partial charge in [-0.1, -0.05) is 36.5 Å². The molecular weight excluding hydrogens is 408 g/mol. The summed E-state index contributed by atoms with van der Waals surface area (Å²) in [4.78, 5) is 28.3. The minimum Gasteiger partial charge on any atom is -0.451 e. The van der Waals surface area contributed by atoms with E-state index in [0.29, 0.717) is 22.8 Å². The Bertz CT molecular complexity index is 1210. The normalized spacial score (nSPS) is 10.8. The Morgan fingerprint density at radius 3 is 2.76 bits per heavy atom. The van der Waals surface area contributed by atoms with Crippen LogP contribution in [-0.4, -0.2) is 21.9 Å². The van der Waals surface area contributed by atoms with Crippen molar-refractivity contribution in [3.8, 4) is 0 Å². The fourth-order valence-corrected chi connectivity index (χ4v) is 3.82. The summed E-state index contributed by atoms with van der Waals surface area (Å²) in [5, 5.41) is 9.88. The van der Waals surface area contributed by atoms with E-state index in [1.54, 1.807) is 25.1 Å². The number of furan rings is 1. The van der Waals surface area contributed by atoms with Crippen LogP contribution in [0.5, 0.6) is 0 Å². The molecule has 0 fully saturated rings. The van der Waals surface area contributed by atoms with Gasteiger partial charge in [-0.05, 0) is 42.5 Å². The molecule has 0 atom stereocenters. The van der Waals surface area contributed by atoms with Crippen molar-refractivity contribution in [1.82, 2.24) is 10.3 Å². The molecular formula is C20H16N4O3S2. The molecule has 2 aromatic carbocycles. The fourth-order valence-electron chi connectivity index (χ4n) is 2.68. The van der Waals surface area contributed by atoms with Crippen LogP contribution in [-0.2, 0) is 4.79 Å². The van der Waals surface area contributed by atoms with Crippen molar-refractivity contribution < 1.29 is 14.0 Å². The number of thiazole rings is 1. The van der Waals surface area contributed by atoms with Crippen molar-refractivity contribution in [2.24, 2.45) is 0 Å². The average Bonchev–Trinajstić information content (AvgIpc) is 3.30. The lowest BCUT2D eigenvalue weighted by atomic mass is 10.2. The summed E-state index contributed by atoms with van der Waals surface area (Å²) in [5.74, 6) is -0.330. The molecule has 4 aromatic rings. The number of aromatic nitrogens is 1. The van der Waals surface area contributed by atoms with E-state index in [2.05, 4.69) is 20.9 Å². The van der Waals surface area contributed by atoms with Crippen molar-refractivity contribution in [2.45, 2.75) is 13.3 Å². The summed E-state index contributed by atoms with van der Waals surface area (Å²) < 4.78 is 6.42. The summed E-state index contributed by atoms with van der Waals surface area (Å²) in [7, 11) is 0. The van der Waals surface area contributed by atoms with Gasteiger partial charge in [-0.2, -0.15) is 0 Å². The topological polar surface area (TPSA) is 96.3 Å². The fraction of sp³-hybridized carbons (Fsp3) is 0.100. The van der Waals surface area contributed by atoms with Crippen molar-refractivity contribution in [3.63, 3.8) is 0 Å². The number of fused-ring (bicyclic) bond motifs is 2. The highest BCUT2D eigenvalue weighted by Gasteiger charge is 2.14. The molecule has 2 heterocycles. The predicted molar refractivity (Wildman–Crippen MR) is 118 cm³/mol. The summed E-state index contributed by atoms with van der Waals surface area (Å²) in [6.45, 7) is 1.78. The lowest BCUT2D eigenvalue weighted by molar-refractivity contribution is -0.115. The highest BCUT2D eigenvalue weighted by atomic mass is 32.1. The monoisotopic (exact) mass is 424 g/mol. The van der Waals surface area contributed by atoms with Crippen LogP contribution in [0.1, 0.15) is 23.9 Å². The van der Waals surface area contributed by atoms with Gasteiger partial charge in [-0.15, -0.1) is 0 Å². The van der Waals surface area contributed by atoms with Gasteiger partial charge in [-0.3, -0.25) is 14.9 Å². The molecule has 0 aliphatic heterocycles. The maximum Gasteiger partial charge on any atom is 0.293 e. The first kappa shape index (κ1) is 19.0. The summed E-state index contributed by atoms with van der Waals surface area (Å²) in [5.41, 5.74) is 2.10. The highest BCUT2D eigenvalue weighted by Crippen LogP contribution is 2.28.